The van der Waals surface area contributed by atoms with Crippen LogP contribution in [0.15, 0.2) is 70.7 Å². The van der Waals surface area contributed by atoms with Crippen molar-refractivity contribution in [3.63, 3.8) is 0 Å². The second kappa shape index (κ2) is 5.24. The number of hydrogen-bond donors (Lipinski definition) is 0. The summed E-state index contributed by atoms with van der Waals surface area (Å²) in [6, 6.07) is 17.7. The molecule has 106 valence electrons. The minimum absolute atomic E-state index is 0.338. The first-order valence-electron chi connectivity index (χ1n) is 6.85. The molecule has 0 bridgehead atoms. The number of rotatable bonds is 2. The highest BCUT2D eigenvalue weighted by molar-refractivity contribution is 7.10. The van der Waals surface area contributed by atoms with E-state index >= 15 is 0 Å². The maximum atomic E-state index is 12.0. The molecule has 1 aromatic heterocycles. The highest BCUT2D eigenvalue weighted by Crippen LogP contribution is 2.25. The number of ether oxygens (including phenoxy) is 1. The fourth-order valence-electron chi connectivity index (χ4n) is 2.44. The van der Waals surface area contributed by atoms with Gasteiger partial charge in [0.2, 0.25) is 5.90 Å². The van der Waals surface area contributed by atoms with Crippen LogP contribution in [0, 0.1) is 0 Å². The third-order valence-electron chi connectivity index (χ3n) is 3.46. The molecule has 3 aromatic rings. The molecule has 4 heteroatoms. The zero-order valence-electron chi connectivity index (χ0n) is 11.5. The van der Waals surface area contributed by atoms with E-state index in [2.05, 4.69) is 4.99 Å². The van der Waals surface area contributed by atoms with E-state index in [-0.39, 0.29) is 0 Å². The fourth-order valence-corrected chi connectivity index (χ4v) is 3.10. The van der Waals surface area contributed by atoms with Gasteiger partial charge in [-0.1, -0.05) is 42.5 Å². The summed E-state index contributed by atoms with van der Waals surface area (Å²) in [5.74, 6) is -0.0408. The van der Waals surface area contributed by atoms with Crippen LogP contribution in [0.25, 0.3) is 16.8 Å². The van der Waals surface area contributed by atoms with Crippen molar-refractivity contribution in [2.75, 3.05) is 0 Å². The molecule has 0 unspecified atom stereocenters. The molecule has 3 nitrogen and oxygen atoms in total. The third kappa shape index (κ3) is 2.23. The summed E-state index contributed by atoms with van der Waals surface area (Å²) < 4.78 is 5.36. The molecule has 0 fully saturated rings. The summed E-state index contributed by atoms with van der Waals surface area (Å²) in [5.41, 5.74) is 1.17. The number of cyclic esters (lactones) is 1. The van der Waals surface area contributed by atoms with E-state index < -0.39 is 5.97 Å². The van der Waals surface area contributed by atoms with Gasteiger partial charge in [-0.3, -0.25) is 0 Å². The first kappa shape index (κ1) is 13.0. The van der Waals surface area contributed by atoms with E-state index in [4.69, 9.17) is 4.74 Å². The molecule has 0 spiro atoms. The first-order valence-corrected chi connectivity index (χ1v) is 7.73. The predicted octanol–water partition coefficient (Wildman–Crippen LogP) is 4.25. The van der Waals surface area contributed by atoms with Crippen LogP contribution < -0.4 is 0 Å². The smallest absolute Gasteiger partial charge is 0.363 e. The minimum Gasteiger partial charge on any atom is -0.402 e. The molecule has 4 rings (SSSR count). The Hall–Kier alpha value is -2.72. The lowest BCUT2D eigenvalue weighted by molar-refractivity contribution is -0.129. The van der Waals surface area contributed by atoms with Crippen molar-refractivity contribution in [3.05, 3.63) is 76.1 Å². The number of thiophene rings is 1. The molecule has 0 saturated carbocycles. The standard InChI is InChI=1S/C18H11NO2S/c20-18-16(11-13-7-4-10-22-13)19-17(21-18)15-9-3-6-12-5-1-2-8-14(12)15/h1-11H/b16-11-. The SMILES string of the molecule is O=C1OC(c2cccc3ccccc23)=N/C1=C\c1cccs1. The number of esters is 1. The average Bonchev–Trinajstić information content (AvgIpc) is 3.18. The van der Waals surface area contributed by atoms with E-state index in [9.17, 15) is 4.79 Å². The maximum absolute atomic E-state index is 12.0. The molecule has 0 aliphatic carbocycles. The highest BCUT2D eigenvalue weighted by Gasteiger charge is 2.25. The lowest BCUT2D eigenvalue weighted by Crippen LogP contribution is -2.05. The second-order valence-corrected chi connectivity index (χ2v) is 5.86. The summed E-state index contributed by atoms with van der Waals surface area (Å²) in [6.45, 7) is 0. The fraction of sp³-hybridized carbons (Fsp3) is 0. The predicted molar refractivity (Wildman–Crippen MR) is 88.9 cm³/mol. The summed E-state index contributed by atoms with van der Waals surface area (Å²) in [6.07, 6.45) is 1.76. The molecule has 0 N–H and O–H groups in total. The van der Waals surface area contributed by atoms with E-state index in [1.807, 2.05) is 60.0 Å². The minimum atomic E-state index is -0.406. The average molecular weight is 305 g/mol. The van der Waals surface area contributed by atoms with Crippen LogP contribution in [0.1, 0.15) is 10.4 Å². The van der Waals surface area contributed by atoms with Gasteiger partial charge >= 0.3 is 5.97 Å². The molecule has 2 aromatic carbocycles. The van der Waals surface area contributed by atoms with E-state index in [1.54, 1.807) is 17.4 Å². The Bertz CT molecular complexity index is 918. The van der Waals surface area contributed by atoms with Crippen LogP contribution in [0.3, 0.4) is 0 Å². The van der Waals surface area contributed by atoms with Gasteiger partial charge in [0.05, 0.1) is 0 Å². The van der Waals surface area contributed by atoms with Crippen LogP contribution >= 0.6 is 11.3 Å². The molecular formula is C18H11NO2S. The Balaban J connectivity index is 1.81. The van der Waals surface area contributed by atoms with Gasteiger partial charge in [0.15, 0.2) is 5.70 Å². The van der Waals surface area contributed by atoms with Gasteiger partial charge < -0.3 is 4.74 Å². The van der Waals surface area contributed by atoms with Gasteiger partial charge in [0, 0.05) is 10.4 Å². The molecule has 0 amide bonds. The molecule has 1 aliphatic rings. The molecule has 22 heavy (non-hydrogen) atoms. The largest absolute Gasteiger partial charge is 0.402 e. The Kier molecular flexibility index (Phi) is 3.09. The molecule has 0 saturated heterocycles. The summed E-state index contributed by atoms with van der Waals surface area (Å²) in [5, 5.41) is 4.07. The van der Waals surface area contributed by atoms with Crippen molar-refractivity contribution in [1.82, 2.24) is 0 Å². The van der Waals surface area contributed by atoms with Crippen molar-refractivity contribution >= 4 is 40.1 Å². The van der Waals surface area contributed by atoms with Crippen molar-refractivity contribution in [3.8, 4) is 0 Å². The number of nitrogens with zero attached hydrogens (tertiary/aromatic N) is 1. The maximum Gasteiger partial charge on any atom is 0.363 e. The number of benzene rings is 2. The zero-order chi connectivity index (χ0) is 14.9. The van der Waals surface area contributed by atoms with Crippen molar-refractivity contribution in [2.24, 2.45) is 4.99 Å². The number of hydrogen-bond acceptors (Lipinski definition) is 4. The monoisotopic (exact) mass is 305 g/mol. The Morgan fingerprint density at radius 3 is 2.73 bits per heavy atom. The number of aliphatic imine (C=N–C) groups is 1. The zero-order valence-corrected chi connectivity index (χ0v) is 12.3. The van der Waals surface area contributed by atoms with E-state index in [1.165, 1.54) is 0 Å². The van der Waals surface area contributed by atoms with Crippen molar-refractivity contribution < 1.29 is 9.53 Å². The number of carbonyl (C=O) groups excluding carboxylic acids is 1. The van der Waals surface area contributed by atoms with Gasteiger partial charge in [0.25, 0.3) is 0 Å². The molecular weight excluding hydrogens is 294 g/mol. The first-order chi connectivity index (χ1) is 10.8. The van der Waals surface area contributed by atoms with Gasteiger partial charge in [-0.05, 0) is 34.4 Å². The second-order valence-electron chi connectivity index (χ2n) is 4.88. The summed E-state index contributed by atoms with van der Waals surface area (Å²) in [7, 11) is 0. The molecule has 0 radical (unpaired) electrons. The highest BCUT2D eigenvalue weighted by atomic mass is 32.1. The number of carbonyl (C=O) groups is 1. The summed E-state index contributed by atoms with van der Waals surface area (Å²) >= 11 is 1.56. The quantitative estimate of drug-likeness (QED) is 0.524. The van der Waals surface area contributed by atoms with Crippen molar-refractivity contribution in [2.45, 2.75) is 0 Å². The lowest BCUT2D eigenvalue weighted by atomic mass is 10.0. The topological polar surface area (TPSA) is 38.7 Å². The van der Waals surface area contributed by atoms with Crippen LogP contribution in [0.4, 0.5) is 0 Å². The number of fused-ring (bicyclic) bond motifs is 1. The van der Waals surface area contributed by atoms with Crippen LogP contribution in [0.2, 0.25) is 0 Å². The molecule has 2 heterocycles. The summed E-state index contributed by atoms with van der Waals surface area (Å²) in [4.78, 5) is 17.4. The van der Waals surface area contributed by atoms with Gasteiger partial charge in [-0.2, -0.15) is 0 Å². The Morgan fingerprint density at radius 1 is 1.00 bits per heavy atom. The van der Waals surface area contributed by atoms with Crippen LogP contribution in [-0.4, -0.2) is 11.9 Å². The van der Waals surface area contributed by atoms with Gasteiger partial charge in [-0.15, -0.1) is 11.3 Å². The van der Waals surface area contributed by atoms with E-state index in [0.29, 0.717) is 11.6 Å². The molecule has 0 atom stereocenters. The van der Waals surface area contributed by atoms with E-state index in [0.717, 1.165) is 21.2 Å². The Morgan fingerprint density at radius 2 is 1.86 bits per heavy atom. The third-order valence-corrected chi connectivity index (χ3v) is 4.28. The normalized spacial score (nSPS) is 16.1. The van der Waals surface area contributed by atoms with Gasteiger partial charge in [-0.25, -0.2) is 9.79 Å². The molecule has 1 aliphatic heterocycles. The van der Waals surface area contributed by atoms with Gasteiger partial charge in [0.1, 0.15) is 0 Å². The van der Waals surface area contributed by atoms with Crippen LogP contribution in [0.5, 0.6) is 0 Å². The van der Waals surface area contributed by atoms with Crippen molar-refractivity contribution in [1.29, 1.82) is 0 Å². The Labute approximate surface area is 131 Å². The van der Waals surface area contributed by atoms with Crippen LogP contribution in [-0.2, 0) is 9.53 Å². The lowest BCUT2D eigenvalue weighted by Gasteiger charge is -2.04.